The molecule has 0 fully saturated rings. The van der Waals surface area contributed by atoms with Crippen molar-refractivity contribution >= 4 is 5.91 Å². The van der Waals surface area contributed by atoms with E-state index in [1.807, 2.05) is 30.3 Å². The van der Waals surface area contributed by atoms with Crippen LogP contribution in [0.25, 0.3) is 0 Å². The van der Waals surface area contributed by atoms with Gasteiger partial charge in [-0.2, -0.15) is 4.98 Å². The molecule has 5 nitrogen and oxygen atoms in total. The van der Waals surface area contributed by atoms with Crippen LogP contribution in [0.15, 0.2) is 59.1 Å². The van der Waals surface area contributed by atoms with E-state index in [0.717, 1.165) is 5.56 Å². The summed E-state index contributed by atoms with van der Waals surface area (Å²) in [5.74, 6) is 0.189. The van der Waals surface area contributed by atoms with Gasteiger partial charge in [-0.3, -0.25) is 4.79 Å². The number of carbonyl (C=O) groups excluding carboxylic acids is 1. The highest BCUT2D eigenvalue weighted by Gasteiger charge is 2.10. The molecular formula is C18H16FN3O2. The van der Waals surface area contributed by atoms with Crippen molar-refractivity contribution in [1.29, 1.82) is 0 Å². The summed E-state index contributed by atoms with van der Waals surface area (Å²) < 4.78 is 18.7. The van der Waals surface area contributed by atoms with Gasteiger partial charge in [0.15, 0.2) is 5.82 Å². The lowest BCUT2D eigenvalue weighted by atomic mass is 10.1. The lowest BCUT2D eigenvalue weighted by molar-refractivity contribution is -0.120. The fraction of sp³-hybridized carbons (Fsp3) is 0.167. The Kier molecular flexibility index (Phi) is 4.96. The average Bonchev–Trinajstić information content (AvgIpc) is 3.03. The third-order valence-electron chi connectivity index (χ3n) is 3.46. The summed E-state index contributed by atoms with van der Waals surface area (Å²) >= 11 is 0. The van der Waals surface area contributed by atoms with Crippen molar-refractivity contribution in [3.05, 3.63) is 83.3 Å². The van der Waals surface area contributed by atoms with Crippen molar-refractivity contribution in [2.45, 2.75) is 19.4 Å². The van der Waals surface area contributed by atoms with E-state index in [-0.39, 0.29) is 18.9 Å². The van der Waals surface area contributed by atoms with Crippen LogP contribution < -0.4 is 5.32 Å². The normalized spacial score (nSPS) is 10.5. The number of rotatable bonds is 6. The van der Waals surface area contributed by atoms with Crippen LogP contribution in [-0.4, -0.2) is 16.0 Å². The molecule has 0 bridgehead atoms. The number of hydrogen-bond acceptors (Lipinski definition) is 4. The topological polar surface area (TPSA) is 68.0 Å². The first-order valence-corrected chi connectivity index (χ1v) is 7.56. The van der Waals surface area contributed by atoms with Crippen molar-refractivity contribution in [3.8, 4) is 0 Å². The van der Waals surface area contributed by atoms with Crippen molar-refractivity contribution in [2.75, 3.05) is 0 Å². The highest BCUT2D eigenvalue weighted by Crippen LogP contribution is 2.08. The minimum Gasteiger partial charge on any atom is -0.348 e. The molecule has 24 heavy (non-hydrogen) atoms. The Morgan fingerprint density at radius 3 is 2.62 bits per heavy atom. The van der Waals surface area contributed by atoms with Crippen LogP contribution >= 0.6 is 0 Å². The van der Waals surface area contributed by atoms with Crippen molar-refractivity contribution < 1.29 is 13.7 Å². The van der Waals surface area contributed by atoms with Gasteiger partial charge in [0.2, 0.25) is 11.8 Å². The number of aromatic nitrogens is 2. The molecule has 1 amide bonds. The molecule has 0 saturated carbocycles. The summed E-state index contributed by atoms with van der Waals surface area (Å²) in [6.07, 6.45) is 0.512. The summed E-state index contributed by atoms with van der Waals surface area (Å²) in [4.78, 5) is 16.1. The minimum atomic E-state index is -0.391. The maximum atomic E-state index is 13.5. The predicted molar refractivity (Wildman–Crippen MR) is 85.5 cm³/mol. The second-order valence-corrected chi connectivity index (χ2v) is 5.31. The van der Waals surface area contributed by atoms with Gasteiger partial charge in [0.1, 0.15) is 5.82 Å². The first kappa shape index (κ1) is 15.9. The zero-order chi connectivity index (χ0) is 16.8. The lowest BCUT2D eigenvalue weighted by Crippen LogP contribution is -2.25. The molecule has 1 aromatic heterocycles. The van der Waals surface area contributed by atoms with Crippen LogP contribution in [-0.2, 0) is 24.2 Å². The van der Waals surface area contributed by atoms with Crippen LogP contribution in [0.3, 0.4) is 0 Å². The molecule has 0 saturated heterocycles. The van der Waals surface area contributed by atoms with E-state index in [2.05, 4.69) is 15.5 Å². The van der Waals surface area contributed by atoms with Gasteiger partial charge in [-0.15, -0.1) is 0 Å². The number of halogens is 1. The third-order valence-corrected chi connectivity index (χ3v) is 3.46. The molecule has 0 atom stereocenters. The molecule has 122 valence electrons. The molecule has 0 aliphatic rings. The van der Waals surface area contributed by atoms with Crippen molar-refractivity contribution in [3.63, 3.8) is 0 Å². The van der Waals surface area contributed by atoms with Crippen LogP contribution in [0.2, 0.25) is 0 Å². The smallest absolute Gasteiger partial charge is 0.231 e. The van der Waals surface area contributed by atoms with Gasteiger partial charge in [-0.25, -0.2) is 4.39 Å². The Morgan fingerprint density at radius 1 is 1.08 bits per heavy atom. The largest absolute Gasteiger partial charge is 0.348 e. The Morgan fingerprint density at radius 2 is 1.83 bits per heavy atom. The molecule has 6 heteroatoms. The van der Waals surface area contributed by atoms with Gasteiger partial charge < -0.3 is 9.84 Å². The molecule has 0 unspecified atom stereocenters. The van der Waals surface area contributed by atoms with Gasteiger partial charge in [0, 0.05) is 0 Å². The van der Waals surface area contributed by atoms with E-state index in [4.69, 9.17) is 4.52 Å². The number of benzene rings is 2. The van der Waals surface area contributed by atoms with Crippen LogP contribution in [0, 0.1) is 5.82 Å². The first-order chi connectivity index (χ1) is 11.7. The molecule has 3 rings (SSSR count). The van der Waals surface area contributed by atoms with Crippen molar-refractivity contribution in [2.24, 2.45) is 0 Å². The number of nitrogens with one attached hydrogen (secondary N) is 1. The maximum absolute atomic E-state index is 13.5. The van der Waals surface area contributed by atoms with Crippen LogP contribution in [0.4, 0.5) is 4.39 Å². The van der Waals surface area contributed by atoms with E-state index in [1.54, 1.807) is 18.2 Å². The van der Waals surface area contributed by atoms with E-state index >= 15 is 0 Å². The lowest BCUT2D eigenvalue weighted by Gasteiger charge is -2.03. The van der Waals surface area contributed by atoms with Gasteiger partial charge in [0.25, 0.3) is 0 Å². The van der Waals surface area contributed by atoms with Gasteiger partial charge >= 0.3 is 0 Å². The van der Waals surface area contributed by atoms with Crippen LogP contribution in [0.5, 0.6) is 0 Å². The summed E-state index contributed by atoms with van der Waals surface area (Å²) in [6, 6.07) is 16.0. The monoisotopic (exact) mass is 325 g/mol. The minimum absolute atomic E-state index is 0.0264. The molecular weight excluding hydrogens is 309 g/mol. The molecule has 0 spiro atoms. The molecule has 0 aliphatic heterocycles. The maximum Gasteiger partial charge on any atom is 0.231 e. The Hall–Kier alpha value is -3.02. The SMILES string of the molecule is O=C(Cc1ccccc1F)NCc1noc(Cc2ccccc2)n1. The van der Waals surface area contributed by atoms with E-state index < -0.39 is 5.82 Å². The third kappa shape index (κ3) is 4.25. The molecule has 0 radical (unpaired) electrons. The fourth-order valence-corrected chi connectivity index (χ4v) is 2.26. The molecule has 3 aromatic rings. The van der Waals surface area contributed by atoms with E-state index in [9.17, 15) is 9.18 Å². The Balaban J connectivity index is 1.52. The number of hydrogen-bond donors (Lipinski definition) is 1. The van der Waals surface area contributed by atoms with Crippen LogP contribution in [0.1, 0.15) is 22.8 Å². The van der Waals surface area contributed by atoms with E-state index in [1.165, 1.54) is 6.07 Å². The predicted octanol–water partition coefficient (Wildman–Crippen LogP) is 2.66. The Labute approximate surface area is 138 Å². The summed E-state index contributed by atoms with van der Waals surface area (Å²) in [5, 5.41) is 6.50. The zero-order valence-electron chi connectivity index (χ0n) is 12.9. The summed E-state index contributed by atoms with van der Waals surface area (Å²) in [7, 11) is 0. The van der Waals surface area contributed by atoms with Gasteiger partial charge in [0.05, 0.1) is 19.4 Å². The summed E-state index contributed by atoms with van der Waals surface area (Å²) in [6.45, 7) is 0.144. The molecule has 1 heterocycles. The Bertz CT molecular complexity index is 818. The molecule has 1 N–H and O–H groups in total. The van der Waals surface area contributed by atoms with Crippen molar-refractivity contribution in [1.82, 2.24) is 15.5 Å². The fourth-order valence-electron chi connectivity index (χ4n) is 2.26. The number of amides is 1. The highest BCUT2D eigenvalue weighted by molar-refractivity contribution is 5.78. The number of nitrogens with zero attached hydrogens (tertiary/aromatic N) is 2. The highest BCUT2D eigenvalue weighted by atomic mass is 19.1. The number of carbonyl (C=O) groups is 1. The van der Waals surface area contributed by atoms with Gasteiger partial charge in [-0.1, -0.05) is 53.7 Å². The quantitative estimate of drug-likeness (QED) is 0.756. The standard InChI is InChI=1S/C18H16FN3O2/c19-15-9-5-4-8-14(15)11-17(23)20-12-16-21-18(24-22-16)10-13-6-2-1-3-7-13/h1-9H,10-12H2,(H,20,23). The zero-order valence-corrected chi connectivity index (χ0v) is 12.9. The molecule has 2 aromatic carbocycles. The van der Waals surface area contributed by atoms with E-state index in [0.29, 0.717) is 23.7 Å². The second-order valence-electron chi connectivity index (χ2n) is 5.31. The second kappa shape index (κ2) is 7.50. The first-order valence-electron chi connectivity index (χ1n) is 7.56. The summed E-state index contributed by atoms with van der Waals surface area (Å²) in [5.41, 5.74) is 1.42. The average molecular weight is 325 g/mol. The van der Waals surface area contributed by atoms with Gasteiger partial charge in [-0.05, 0) is 17.2 Å². The molecule has 0 aliphatic carbocycles.